The number of aliphatic hydroxyl groups is 1. The lowest BCUT2D eigenvalue weighted by atomic mass is 9.86. The fourth-order valence-electron chi connectivity index (χ4n) is 2.85. The Bertz CT molecular complexity index is 444. The largest absolute Gasteiger partial charge is 0.492 e. The average Bonchev–Trinajstić information content (AvgIpc) is 2.59. The highest BCUT2D eigenvalue weighted by molar-refractivity contribution is 5.74. The van der Waals surface area contributed by atoms with Crippen LogP contribution in [0, 0.1) is 5.92 Å². The number of urea groups is 1. The SMILES string of the molecule is CN(C(=O)NCCOc1ccccc1)C1CCC(CO)CC1. The second-order valence-electron chi connectivity index (χ2n) is 5.86. The maximum absolute atomic E-state index is 12.1. The summed E-state index contributed by atoms with van der Waals surface area (Å²) in [5.74, 6) is 1.22. The summed E-state index contributed by atoms with van der Waals surface area (Å²) in [5.41, 5.74) is 0. The zero-order valence-corrected chi connectivity index (χ0v) is 13.2. The molecule has 2 rings (SSSR count). The molecule has 0 spiro atoms. The van der Waals surface area contributed by atoms with E-state index in [1.165, 1.54) is 0 Å². The predicted molar refractivity (Wildman–Crippen MR) is 85.9 cm³/mol. The lowest BCUT2D eigenvalue weighted by Crippen LogP contribution is -2.46. The van der Waals surface area contributed by atoms with Crippen molar-refractivity contribution in [1.82, 2.24) is 10.2 Å². The molecule has 1 aliphatic carbocycles. The molecule has 122 valence electrons. The molecular formula is C17H26N2O3. The van der Waals surface area contributed by atoms with Crippen LogP contribution < -0.4 is 10.1 Å². The van der Waals surface area contributed by atoms with E-state index in [-0.39, 0.29) is 18.7 Å². The first kappa shape index (κ1) is 16.6. The van der Waals surface area contributed by atoms with E-state index in [9.17, 15) is 4.79 Å². The van der Waals surface area contributed by atoms with E-state index in [0.717, 1.165) is 31.4 Å². The number of carbonyl (C=O) groups excluding carboxylic acids is 1. The number of ether oxygens (including phenoxy) is 1. The lowest BCUT2D eigenvalue weighted by molar-refractivity contribution is 0.133. The fraction of sp³-hybridized carbons (Fsp3) is 0.588. The molecule has 2 N–H and O–H groups in total. The summed E-state index contributed by atoms with van der Waals surface area (Å²) in [5, 5.41) is 12.0. The summed E-state index contributed by atoms with van der Waals surface area (Å²) >= 11 is 0. The first-order chi connectivity index (χ1) is 10.7. The van der Waals surface area contributed by atoms with Gasteiger partial charge in [0, 0.05) is 19.7 Å². The van der Waals surface area contributed by atoms with Gasteiger partial charge in [-0.15, -0.1) is 0 Å². The molecule has 1 fully saturated rings. The minimum atomic E-state index is -0.0517. The van der Waals surface area contributed by atoms with Crippen molar-refractivity contribution >= 4 is 6.03 Å². The molecule has 0 saturated heterocycles. The first-order valence-electron chi connectivity index (χ1n) is 8.00. The van der Waals surface area contributed by atoms with Gasteiger partial charge in [0.2, 0.25) is 0 Å². The van der Waals surface area contributed by atoms with E-state index >= 15 is 0 Å². The minimum absolute atomic E-state index is 0.0517. The van der Waals surface area contributed by atoms with E-state index in [1.807, 2.05) is 37.4 Å². The van der Waals surface area contributed by atoms with Gasteiger partial charge in [0.1, 0.15) is 12.4 Å². The third kappa shape index (κ3) is 4.91. The van der Waals surface area contributed by atoms with Gasteiger partial charge in [-0.25, -0.2) is 4.79 Å². The minimum Gasteiger partial charge on any atom is -0.492 e. The molecule has 1 aromatic rings. The smallest absolute Gasteiger partial charge is 0.317 e. The lowest BCUT2D eigenvalue weighted by Gasteiger charge is -2.34. The Morgan fingerprint density at radius 3 is 2.59 bits per heavy atom. The number of benzene rings is 1. The van der Waals surface area contributed by atoms with Gasteiger partial charge in [0.05, 0.1) is 6.54 Å². The summed E-state index contributed by atoms with van der Waals surface area (Å²) in [6.07, 6.45) is 3.93. The molecule has 2 amide bonds. The highest BCUT2D eigenvalue weighted by Gasteiger charge is 2.25. The highest BCUT2D eigenvalue weighted by Crippen LogP contribution is 2.26. The highest BCUT2D eigenvalue weighted by atomic mass is 16.5. The molecule has 0 heterocycles. The number of amides is 2. The van der Waals surface area contributed by atoms with Crippen molar-refractivity contribution in [3.63, 3.8) is 0 Å². The molecule has 22 heavy (non-hydrogen) atoms. The van der Waals surface area contributed by atoms with Crippen molar-refractivity contribution in [2.24, 2.45) is 5.92 Å². The summed E-state index contributed by atoms with van der Waals surface area (Å²) in [6, 6.07) is 9.80. The summed E-state index contributed by atoms with van der Waals surface area (Å²) in [4.78, 5) is 13.9. The molecule has 1 aromatic carbocycles. The standard InChI is InChI=1S/C17H26N2O3/c1-19(15-9-7-14(13-20)8-10-15)17(21)18-11-12-22-16-5-3-2-4-6-16/h2-6,14-15,20H,7-13H2,1H3,(H,18,21). The number of rotatable bonds is 6. The molecule has 5 nitrogen and oxygen atoms in total. The topological polar surface area (TPSA) is 61.8 Å². The van der Waals surface area contributed by atoms with E-state index in [1.54, 1.807) is 4.90 Å². The molecule has 1 aliphatic rings. The van der Waals surface area contributed by atoms with Crippen LogP contribution in [0.25, 0.3) is 0 Å². The molecule has 0 bridgehead atoms. The normalized spacial score (nSPS) is 21.2. The van der Waals surface area contributed by atoms with Crippen LogP contribution in [-0.4, -0.2) is 48.9 Å². The summed E-state index contributed by atoms with van der Waals surface area (Å²) < 4.78 is 5.55. The monoisotopic (exact) mass is 306 g/mol. The van der Waals surface area contributed by atoms with Gasteiger partial charge in [-0.1, -0.05) is 18.2 Å². The molecule has 0 unspecified atom stereocenters. The fourth-order valence-corrected chi connectivity index (χ4v) is 2.85. The predicted octanol–water partition coefficient (Wildman–Crippen LogP) is 2.26. The van der Waals surface area contributed by atoms with Crippen molar-refractivity contribution in [1.29, 1.82) is 0 Å². The van der Waals surface area contributed by atoms with Crippen LogP contribution in [0.15, 0.2) is 30.3 Å². The number of hydrogen-bond acceptors (Lipinski definition) is 3. The average molecular weight is 306 g/mol. The van der Waals surface area contributed by atoms with Gasteiger partial charge in [0.25, 0.3) is 0 Å². The van der Waals surface area contributed by atoms with E-state index in [4.69, 9.17) is 9.84 Å². The van der Waals surface area contributed by atoms with Crippen LogP contribution in [0.2, 0.25) is 0 Å². The van der Waals surface area contributed by atoms with Crippen LogP contribution in [0.1, 0.15) is 25.7 Å². The van der Waals surface area contributed by atoms with E-state index < -0.39 is 0 Å². The van der Waals surface area contributed by atoms with E-state index in [0.29, 0.717) is 19.1 Å². The zero-order chi connectivity index (χ0) is 15.8. The Morgan fingerprint density at radius 1 is 1.27 bits per heavy atom. The maximum atomic E-state index is 12.1. The van der Waals surface area contributed by atoms with Gasteiger partial charge >= 0.3 is 6.03 Å². The Morgan fingerprint density at radius 2 is 1.95 bits per heavy atom. The second kappa shape index (κ2) is 8.63. The van der Waals surface area contributed by atoms with Gasteiger partial charge in [0.15, 0.2) is 0 Å². The Labute approximate surface area is 132 Å². The molecule has 1 saturated carbocycles. The number of nitrogens with one attached hydrogen (secondary N) is 1. The van der Waals surface area contributed by atoms with E-state index in [2.05, 4.69) is 5.32 Å². The van der Waals surface area contributed by atoms with Crippen molar-refractivity contribution in [3.8, 4) is 5.75 Å². The third-order valence-electron chi connectivity index (χ3n) is 4.33. The molecule has 0 radical (unpaired) electrons. The molecule has 0 atom stereocenters. The first-order valence-corrected chi connectivity index (χ1v) is 8.00. The van der Waals surface area contributed by atoms with Crippen molar-refractivity contribution in [2.75, 3.05) is 26.8 Å². The van der Waals surface area contributed by atoms with Crippen LogP contribution in [-0.2, 0) is 0 Å². The molecule has 0 aliphatic heterocycles. The molecule has 5 heteroatoms. The number of para-hydroxylation sites is 1. The van der Waals surface area contributed by atoms with Crippen molar-refractivity contribution in [3.05, 3.63) is 30.3 Å². The number of aliphatic hydroxyl groups excluding tert-OH is 1. The van der Waals surface area contributed by atoms with Crippen molar-refractivity contribution in [2.45, 2.75) is 31.7 Å². The number of hydrogen-bond donors (Lipinski definition) is 2. The Balaban J connectivity index is 1.64. The third-order valence-corrected chi connectivity index (χ3v) is 4.33. The van der Waals surface area contributed by atoms with Crippen LogP contribution in [0.4, 0.5) is 4.79 Å². The van der Waals surface area contributed by atoms with Gasteiger partial charge in [-0.05, 0) is 43.7 Å². The zero-order valence-electron chi connectivity index (χ0n) is 13.2. The van der Waals surface area contributed by atoms with Gasteiger partial charge in [-0.3, -0.25) is 0 Å². The Hall–Kier alpha value is -1.75. The second-order valence-corrected chi connectivity index (χ2v) is 5.86. The van der Waals surface area contributed by atoms with Crippen LogP contribution in [0.5, 0.6) is 5.75 Å². The maximum Gasteiger partial charge on any atom is 0.317 e. The quantitative estimate of drug-likeness (QED) is 0.793. The summed E-state index contributed by atoms with van der Waals surface area (Å²) in [7, 11) is 1.84. The molecular weight excluding hydrogens is 280 g/mol. The number of nitrogens with zero attached hydrogens (tertiary/aromatic N) is 1. The van der Waals surface area contributed by atoms with Crippen LogP contribution in [0.3, 0.4) is 0 Å². The summed E-state index contributed by atoms with van der Waals surface area (Å²) in [6.45, 7) is 1.21. The Kier molecular flexibility index (Phi) is 6.52. The number of carbonyl (C=O) groups is 1. The van der Waals surface area contributed by atoms with Gasteiger partial charge in [-0.2, -0.15) is 0 Å². The van der Waals surface area contributed by atoms with Crippen molar-refractivity contribution < 1.29 is 14.6 Å². The van der Waals surface area contributed by atoms with Crippen LogP contribution >= 0.6 is 0 Å². The molecule has 0 aromatic heterocycles. The van der Waals surface area contributed by atoms with Gasteiger partial charge < -0.3 is 20.1 Å².